The zero-order valence-corrected chi connectivity index (χ0v) is 12.7. The normalized spacial score (nSPS) is 31.8. The molecule has 0 aromatic heterocycles. The Morgan fingerprint density at radius 1 is 1.30 bits per heavy atom. The third-order valence-electron chi connectivity index (χ3n) is 4.97. The largest absolute Gasteiger partial charge is 0.310 e. The monoisotopic (exact) mass is 270 g/mol. The minimum atomic E-state index is 0.103. The molecule has 0 radical (unpaired) electrons. The molecular formula is C18H26N2. The Morgan fingerprint density at radius 3 is 2.70 bits per heavy atom. The second-order valence-corrected chi connectivity index (χ2v) is 6.44. The Morgan fingerprint density at radius 2 is 2.05 bits per heavy atom. The molecule has 1 heterocycles. The van der Waals surface area contributed by atoms with E-state index in [0.29, 0.717) is 6.04 Å². The maximum atomic E-state index is 3.81. The predicted octanol–water partition coefficient (Wildman–Crippen LogP) is 3.16. The molecule has 1 N–H and O–H groups in total. The molecule has 1 saturated carbocycles. The van der Waals surface area contributed by atoms with Gasteiger partial charge in [-0.2, -0.15) is 0 Å². The Kier molecular flexibility index (Phi) is 3.95. The van der Waals surface area contributed by atoms with Crippen molar-refractivity contribution in [3.05, 3.63) is 48.0 Å². The van der Waals surface area contributed by atoms with Crippen LogP contribution in [0.4, 0.5) is 0 Å². The summed E-state index contributed by atoms with van der Waals surface area (Å²) in [6, 6.07) is 11.6. The number of benzene rings is 1. The first-order chi connectivity index (χ1) is 9.74. The fourth-order valence-electron chi connectivity index (χ4n) is 3.35. The summed E-state index contributed by atoms with van der Waals surface area (Å²) >= 11 is 0. The Balaban J connectivity index is 1.83. The van der Waals surface area contributed by atoms with Crippen molar-refractivity contribution in [1.29, 1.82) is 0 Å². The van der Waals surface area contributed by atoms with Gasteiger partial charge in [0.15, 0.2) is 0 Å². The third-order valence-corrected chi connectivity index (χ3v) is 4.97. The summed E-state index contributed by atoms with van der Waals surface area (Å²) in [5.41, 5.74) is 1.53. The van der Waals surface area contributed by atoms with Crippen LogP contribution in [0.5, 0.6) is 0 Å². The number of hydrogen-bond donors (Lipinski definition) is 1. The van der Waals surface area contributed by atoms with Crippen molar-refractivity contribution in [2.24, 2.45) is 5.92 Å². The second kappa shape index (κ2) is 5.71. The molecule has 2 heteroatoms. The van der Waals surface area contributed by atoms with Crippen molar-refractivity contribution >= 4 is 0 Å². The van der Waals surface area contributed by atoms with E-state index in [2.05, 4.69) is 66.5 Å². The van der Waals surface area contributed by atoms with Gasteiger partial charge in [0.1, 0.15) is 0 Å². The summed E-state index contributed by atoms with van der Waals surface area (Å²) in [5.74, 6) is 0.920. The molecule has 1 aliphatic carbocycles. The summed E-state index contributed by atoms with van der Waals surface area (Å²) in [5, 5.41) is 3.81. The van der Waals surface area contributed by atoms with Crippen molar-refractivity contribution < 1.29 is 0 Å². The topological polar surface area (TPSA) is 15.3 Å². The van der Waals surface area contributed by atoms with Crippen molar-refractivity contribution in [1.82, 2.24) is 10.2 Å². The lowest BCUT2D eigenvalue weighted by atomic mass is 9.86. The van der Waals surface area contributed by atoms with Gasteiger partial charge < -0.3 is 5.32 Å². The first kappa shape index (κ1) is 13.8. The van der Waals surface area contributed by atoms with Crippen LogP contribution in [0, 0.1) is 5.92 Å². The van der Waals surface area contributed by atoms with Crippen LogP contribution in [0.2, 0.25) is 0 Å². The SMILES string of the molecule is C/C=C/CN1CC(C2CC2)NCC1(C)c1ccccc1. The fourth-order valence-corrected chi connectivity index (χ4v) is 3.35. The second-order valence-electron chi connectivity index (χ2n) is 6.44. The van der Waals surface area contributed by atoms with Crippen LogP contribution in [-0.2, 0) is 5.54 Å². The van der Waals surface area contributed by atoms with E-state index in [1.807, 2.05) is 0 Å². The maximum Gasteiger partial charge on any atom is 0.0561 e. The van der Waals surface area contributed by atoms with Gasteiger partial charge in [-0.25, -0.2) is 0 Å². The lowest BCUT2D eigenvalue weighted by Crippen LogP contribution is -2.62. The molecule has 0 amide bonds. The number of piperazine rings is 1. The molecule has 2 nitrogen and oxygen atoms in total. The van der Waals surface area contributed by atoms with E-state index in [1.165, 1.54) is 24.9 Å². The van der Waals surface area contributed by atoms with Crippen molar-refractivity contribution in [2.75, 3.05) is 19.6 Å². The molecule has 2 fully saturated rings. The number of nitrogens with zero attached hydrogens (tertiary/aromatic N) is 1. The average Bonchev–Trinajstić information content (AvgIpc) is 3.32. The van der Waals surface area contributed by atoms with Crippen LogP contribution in [0.3, 0.4) is 0 Å². The van der Waals surface area contributed by atoms with E-state index in [1.54, 1.807) is 0 Å². The summed E-state index contributed by atoms with van der Waals surface area (Å²) in [7, 11) is 0. The highest BCUT2D eigenvalue weighted by molar-refractivity contribution is 5.26. The Bertz CT molecular complexity index is 464. The summed E-state index contributed by atoms with van der Waals surface area (Å²) < 4.78 is 0. The summed E-state index contributed by atoms with van der Waals surface area (Å²) in [6.07, 6.45) is 7.28. The van der Waals surface area contributed by atoms with Crippen LogP contribution >= 0.6 is 0 Å². The molecule has 2 aliphatic rings. The molecule has 20 heavy (non-hydrogen) atoms. The van der Waals surface area contributed by atoms with E-state index >= 15 is 0 Å². The van der Waals surface area contributed by atoms with Crippen LogP contribution in [0.1, 0.15) is 32.3 Å². The molecule has 0 spiro atoms. The summed E-state index contributed by atoms with van der Waals surface area (Å²) in [4.78, 5) is 2.65. The quantitative estimate of drug-likeness (QED) is 0.846. The molecule has 1 saturated heterocycles. The van der Waals surface area contributed by atoms with Crippen molar-refractivity contribution in [2.45, 2.75) is 38.3 Å². The highest BCUT2D eigenvalue weighted by Crippen LogP contribution is 2.38. The molecule has 108 valence electrons. The molecule has 1 aromatic rings. The van der Waals surface area contributed by atoms with Crippen LogP contribution < -0.4 is 5.32 Å². The number of allylic oxidation sites excluding steroid dienone is 1. The number of nitrogens with one attached hydrogen (secondary N) is 1. The zero-order valence-electron chi connectivity index (χ0n) is 12.7. The van der Waals surface area contributed by atoms with Gasteiger partial charge in [0, 0.05) is 25.7 Å². The van der Waals surface area contributed by atoms with Gasteiger partial charge in [-0.1, -0.05) is 42.5 Å². The third kappa shape index (κ3) is 2.68. The smallest absolute Gasteiger partial charge is 0.0561 e. The van der Waals surface area contributed by atoms with Crippen LogP contribution in [0.25, 0.3) is 0 Å². The number of hydrogen-bond acceptors (Lipinski definition) is 2. The van der Waals surface area contributed by atoms with Gasteiger partial charge in [-0.15, -0.1) is 0 Å². The van der Waals surface area contributed by atoms with E-state index < -0.39 is 0 Å². The van der Waals surface area contributed by atoms with Crippen molar-refractivity contribution in [3.63, 3.8) is 0 Å². The zero-order chi connectivity index (χ0) is 14.0. The van der Waals surface area contributed by atoms with Gasteiger partial charge in [-0.05, 0) is 38.2 Å². The van der Waals surface area contributed by atoms with Crippen molar-refractivity contribution in [3.8, 4) is 0 Å². The van der Waals surface area contributed by atoms with Gasteiger partial charge in [0.2, 0.25) is 0 Å². The lowest BCUT2D eigenvalue weighted by Gasteiger charge is -2.48. The molecule has 2 unspecified atom stereocenters. The molecule has 1 aromatic carbocycles. The summed E-state index contributed by atoms with van der Waals surface area (Å²) in [6.45, 7) is 7.76. The van der Waals surface area contributed by atoms with E-state index in [0.717, 1.165) is 19.0 Å². The van der Waals surface area contributed by atoms with Gasteiger partial charge in [0.05, 0.1) is 5.54 Å². The molecule has 1 aliphatic heterocycles. The highest BCUT2D eigenvalue weighted by Gasteiger charge is 2.42. The average molecular weight is 270 g/mol. The molecule has 3 rings (SSSR count). The molecule has 0 bridgehead atoms. The van der Waals surface area contributed by atoms with Gasteiger partial charge >= 0.3 is 0 Å². The number of rotatable bonds is 4. The van der Waals surface area contributed by atoms with Gasteiger partial charge in [-0.3, -0.25) is 4.90 Å². The standard InChI is InChI=1S/C18H26N2/c1-3-4-12-20-13-17(15-10-11-15)19-14-18(20,2)16-8-6-5-7-9-16/h3-9,15,17,19H,10-14H2,1-2H3/b4-3+. The van der Waals surface area contributed by atoms with E-state index in [9.17, 15) is 0 Å². The molecule has 2 atom stereocenters. The minimum Gasteiger partial charge on any atom is -0.310 e. The van der Waals surface area contributed by atoms with Crippen LogP contribution in [0.15, 0.2) is 42.5 Å². The highest BCUT2D eigenvalue weighted by atomic mass is 15.3. The van der Waals surface area contributed by atoms with E-state index in [4.69, 9.17) is 0 Å². The first-order valence-electron chi connectivity index (χ1n) is 7.89. The van der Waals surface area contributed by atoms with Crippen LogP contribution in [-0.4, -0.2) is 30.6 Å². The van der Waals surface area contributed by atoms with Gasteiger partial charge in [0.25, 0.3) is 0 Å². The minimum absolute atomic E-state index is 0.103. The maximum absolute atomic E-state index is 3.81. The first-order valence-corrected chi connectivity index (χ1v) is 7.89. The lowest BCUT2D eigenvalue weighted by molar-refractivity contribution is 0.0561. The van der Waals surface area contributed by atoms with E-state index in [-0.39, 0.29) is 5.54 Å². The Labute approximate surface area is 122 Å². The fraction of sp³-hybridized carbons (Fsp3) is 0.556. The predicted molar refractivity (Wildman–Crippen MR) is 84.7 cm³/mol. The Hall–Kier alpha value is -1.12. The molecular weight excluding hydrogens is 244 g/mol.